The summed E-state index contributed by atoms with van der Waals surface area (Å²) in [6, 6.07) is 11.3. The van der Waals surface area contributed by atoms with Gasteiger partial charge in [0.15, 0.2) is 0 Å². The molecule has 0 radical (unpaired) electrons. The Hall–Kier alpha value is -2.54. The van der Waals surface area contributed by atoms with Crippen molar-refractivity contribution in [2.24, 2.45) is 0 Å². The van der Waals surface area contributed by atoms with Gasteiger partial charge >= 0.3 is 59.1 Å². The standard InChI is InChI=1S/C28H26Cl2N2O8.2Na/c1-37-23-13-25(39-3)19(9-17(23)29)31-27(35)11-21(33)15-5-7-16(8-6-15)22(34)12-28(36)32-20-10-18(30)24(38-2)14-26(20)40-4;;/h5-14,33-34H,1-4H3,(H,31,35)(H,32,36);;/q;2*+1/p-2/b21-11-,22-12-;;. The van der Waals surface area contributed by atoms with Crippen molar-refractivity contribution in [3.8, 4) is 23.0 Å². The van der Waals surface area contributed by atoms with Crippen LogP contribution in [0.5, 0.6) is 23.0 Å². The van der Waals surface area contributed by atoms with Crippen molar-refractivity contribution in [3.63, 3.8) is 0 Å². The van der Waals surface area contributed by atoms with E-state index in [0.29, 0.717) is 11.5 Å². The molecule has 0 unspecified atom stereocenters. The maximum atomic E-state index is 12.6. The third kappa shape index (κ3) is 9.75. The number of anilines is 2. The van der Waals surface area contributed by atoms with Crippen LogP contribution >= 0.6 is 23.2 Å². The second-order valence-electron chi connectivity index (χ2n) is 7.95. The van der Waals surface area contributed by atoms with Crippen LogP contribution in [0.25, 0.3) is 11.5 Å². The molecule has 14 heteroatoms. The fraction of sp³-hybridized carbons (Fsp3) is 0.143. The molecule has 0 saturated heterocycles. The van der Waals surface area contributed by atoms with Crippen molar-refractivity contribution in [2.45, 2.75) is 0 Å². The van der Waals surface area contributed by atoms with Crippen LogP contribution in [0.3, 0.4) is 0 Å². The Kier molecular flexibility index (Phi) is 15.7. The third-order valence-corrected chi connectivity index (χ3v) is 6.03. The molecule has 3 rings (SSSR count). The maximum absolute atomic E-state index is 12.6. The number of benzene rings is 3. The topological polar surface area (TPSA) is 141 Å². The Bertz CT molecular complexity index is 1370. The van der Waals surface area contributed by atoms with Crippen molar-refractivity contribution >= 4 is 57.9 Å². The van der Waals surface area contributed by atoms with Gasteiger partial charge in [0.2, 0.25) is 11.8 Å². The summed E-state index contributed by atoms with van der Waals surface area (Å²) in [6.07, 6.45) is 1.70. The summed E-state index contributed by atoms with van der Waals surface area (Å²) in [5, 5.41) is 30.7. The third-order valence-electron chi connectivity index (χ3n) is 5.44. The second-order valence-corrected chi connectivity index (χ2v) is 8.76. The normalized spacial score (nSPS) is 10.9. The van der Waals surface area contributed by atoms with E-state index in [4.69, 9.17) is 42.1 Å². The summed E-state index contributed by atoms with van der Waals surface area (Å²) in [7, 11) is 5.69. The molecule has 0 bridgehead atoms. The average Bonchev–Trinajstić information content (AvgIpc) is 2.93. The molecule has 3 aromatic rings. The van der Waals surface area contributed by atoms with E-state index in [1.165, 1.54) is 77.0 Å². The van der Waals surface area contributed by atoms with Crippen molar-refractivity contribution in [2.75, 3.05) is 39.1 Å². The quantitative estimate of drug-likeness (QED) is 0.145. The first kappa shape index (κ1) is 37.5. The molecular weight excluding hydrogens is 609 g/mol. The van der Waals surface area contributed by atoms with Crippen LogP contribution in [0.15, 0.2) is 60.7 Å². The molecule has 2 N–H and O–H groups in total. The molecular formula is C28H24Cl2N2Na2O8. The van der Waals surface area contributed by atoms with Gasteiger partial charge in [-0.25, -0.2) is 0 Å². The molecule has 0 aromatic heterocycles. The minimum absolute atomic E-state index is 0. The Balaban J connectivity index is 0.00000441. The van der Waals surface area contributed by atoms with Gasteiger partial charge in [0.05, 0.1) is 49.9 Å². The van der Waals surface area contributed by atoms with E-state index in [1.54, 1.807) is 0 Å². The number of hydrogen-bond donors (Lipinski definition) is 2. The number of hydrogen-bond acceptors (Lipinski definition) is 8. The van der Waals surface area contributed by atoms with E-state index < -0.39 is 23.3 Å². The molecule has 0 heterocycles. The van der Waals surface area contributed by atoms with Gasteiger partial charge in [-0.2, -0.15) is 0 Å². The van der Waals surface area contributed by atoms with Crippen LogP contribution in [0.4, 0.5) is 11.4 Å². The summed E-state index contributed by atoms with van der Waals surface area (Å²) < 4.78 is 20.7. The molecule has 2 amide bonds. The SMILES string of the molecule is COc1cc(OC)c(NC(=O)/C=C(\[O-])c2ccc(/C([O-])=C/C(=O)Nc3cc(Cl)c(OC)cc3OC)cc2)cc1Cl.[Na+].[Na+]. The van der Waals surface area contributed by atoms with E-state index in [1.807, 2.05) is 0 Å². The van der Waals surface area contributed by atoms with E-state index >= 15 is 0 Å². The van der Waals surface area contributed by atoms with Gasteiger partial charge in [-0.1, -0.05) is 59.0 Å². The van der Waals surface area contributed by atoms with Gasteiger partial charge in [-0.05, 0) is 35.4 Å². The zero-order valence-electron chi connectivity index (χ0n) is 23.8. The maximum Gasteiger partial charge on any atom is 1.00 e. The molecule has 10 nitrogen and oxygen atoms in total. The molecule has 0 aliphatic rings. The summed E-state index contributed by atoms with van der Waals surface area (Å²) in [5.41, 5.74) is 0.778. The average molecular weight is 633 g/mol. The first-order chi connectivity index (χ1) is 19.1. The first-order valence-corrected chi connectivity index (χ1v) is 12.2. The second kappa shape index (κ2) is 17.5. The first-order valence-electron chi connectivity index (χ1n) is 11.4. The minimum atomic E-state index is -0.719. The Morgan fingerprint density at radius 3 is 1.21 bits per heavy atom. The molecule has 3 aromatic carbocycles. The van der Waals surface area contributed by atoms with Gasteiger partial charge in [-0.3, -0.25) is 9.59 Å². The van der Waals surface area contributed by atoms with Gasteiger partial charge in [0, 0.05) is 12.1 Å². The van der Waals surface area contributed by atoms with Gasteiger partial charge in [-0.15, -0.1) is 0 Å². The molecule has 0 atom stereocenters. The number of carbonyl (C=O) groups excluding carboxylic acids is 2. The molecule has 42 heavy (non-hydrogen) atoms. The van der Waals surface area contributed by atoms with Crippen molar-refractivity contribution in [1.82, 2.24) is 0 Å². The van der Waals surface area contributed by atoms with Crippen molar-refractivity contribution < 1.29 is 97.9 Å². The number of rotatable bonds is 10. The monoisotopic (exact) mass is 632 g/mol. The predicted octanol–water partition coefficient (Wildman–Crippen LogP) is -2.28. The number of ether oxygens (including phenoxy) is 4. The van der Waals surface area contributed by atoms with Gasteiger partial charge < -0.3 is 39.8 Å². The van der Waals surface area contributed by atoms with Crippen LogP contribution in [-0.2, 0) is 9.59 Å². The van der Waals surface area contributed by atoms with Crippen LogP contribution in [-0.4, -0.2) is 40.3 Å². The zero-order valence-corrected chi connectivity index (χ0v) is 29.3. The minimum Gasteiger partial charge on any atom is -0.872 e. The summed E-state index contributed by atoms with van der Waals surface area (Å²) in [4.78, 5) is 24.9. The smallest absolute Gasteiger partial charge is 0.872 e. The summed E-state index contributed by atoms with van der Waals surface area (Å²) in [6.45, 7) is 0. The Morgan fingerprint density at radius 1 is 0.619 bits per heavy atom. The van der Waals surface area contributed by atoms with Crippen LogP contribution in [0, 0.1) is 0 Å². The number of methoxy groups -OCH3 is 4. The van der Waals surface area contributed by atoms with Gasteiger partial charge in [0.25, 0.3) is 0 Å². The van der Waals surface area contributed by atoms with E-state index in [-0.39, 0.29) is 103 Å². The predicted molar refractivity (Wildman–Crippen MR) is 149 cm³/mol. The largest absolute Gasteiger partial charge is 1.00 e. The molecule has 0 aliphatic carbocycles. The Morgan fingerprint density at radius 2 is 0.929 bits per heavy atom. The van der Waals surface area contributed by atoms with Crippen molar-refractivity contribution in [1.29, 1.82) is 0 Å². The fourth-order valence-electron chi connectivity index (χ4n) is 3.46. The van der Waals surface area contributed by atoms with Crippen LogP contribution < -0.4 is 98.9 Å². The number of carbonyl (C=O) groups is 2. The van der Waals surface area contributed by atoms with Crippen molar-refractivity contribution in [3.05, 3.63) is 81.9 Å². The number of halogens is 2. The number of amides is 2. The molecule has 210 valence electrons. The van der Waals surface area contributed by atoms with Gasteiger partial charge in [0.1, 0.15) is 23.0 Å². The van der Waals surface area contributed by atoms with Crippen LogP contribution in [0.2, 0.25) is 10.0 Å². The van der Waals surface area contributed by atoms with E-state index in [0.717, 1.165) is 12.2 Å². The molecule has 0 saturated carbocycles. The fourth-order valence-corrected chi connectivity index (χ4v) is 3.94. The Labute approximate surface area is 297 Å². The summed E-state index contributed by atoms with van der Waals surface area (Å²) >= 11 is 12.2. The zero-order chi connectivity index (χ0) is 29.4. The van der Waals surface area contributed by atoms with E-state index in [2.05, 4.69) is 10.6 Å². The summed E-state index contributed by atoms with van der Waals surface area (Å²) in [5.74, 6) is -1.39. The van der Waals surface area contributed by atoms with E-state index in [9.17, 15) is 19.8 Å². The molecule has 0 spiro atoms. The number of nitrogens with one attached hydrogen (secondary N) is 2. The van der Waals surface area contributed by atoms with Crippen LogP contribution in [0.1, 0.15) is 11.1 Å². The molecule has 0 aliphatic heterocycles. The molecule has 0 fully saturated rings.